The van der Waals surface area contributed by atoms with E-state index >= 15 is 0 Å². The largest absolute Gasteiger partial charge is 0.395 e. The van der Waals surface area contributed by atoms with E-state index in [0.717, 1.165) is 25.2 Å². The number of hydrogen-bond donors (Lipinski definition) is 2. The molecule has 1 unspecified atom stereocenters. The molecule has 1 aromatic heterocycles. The van der Waals surface area contributed by atoms with E-state index in [0.29, 0.717) is 13.2 Å². The molecule has 0 radical (unpaired) electrons. The normalized spacial score (nSPS) is 12.9. The zero-order chi connectivity index (χ0) is 12.5. The van der Waals surface area contributed by atoms with Crippen molar-refractivity contribution in [3.8, 4) is 0 Å². The molecule has 5 nitrogen and oxygen atoms in total. The number of rotatable bonds is 9. The number of methoxy groups -OCH3 is 1. The van der Waals surface area contributed by atoms with Crippen LogP contribution in [-0.2, 0) is 17.8 Å². The minimum absolute atomic E-state index is 0.0710. The molecule has 0 aliphatic rings. The van der Waals surface area contributed by atoms with Crippen molar-refractivity contribution in [2.75, 3.05) is 20.3 Å². The van der Waals surface area contributed by atoms with Crippen LogP contribution in [0, 0.1) is 0 Å². The molecule has 2 N–H and O–H groups in total. The van der Waals surface area contributed by atoms with E-state index in [1.165, 1.54) is 0 Å². The number of nitrogens with one attached hydrogen (secondary N) is 1. The zero-order valence-corrected chi connectivity index (χ0v) is 10.7. The first-order valence-electron chi connectivity index (χ1n) is 6.15. The van der Waals surface area contributed by atoms with Gasteiger partial charge in [-0.15, -0.1) is 0 Å². The number of aliphatic hydroxyl groups excluding tert-OH is 1. The van der Waals surface area contributed by atoms with Gasteiger partial charge in [0.15, 0.2) is 0 Å². The summed E-state index contributed by atoms with van der Waals surface area (Å²) in [6.07, 6.45) is 5.71. The van der Waals surface area contributed by atoms with Gasteiger partial charge in [-0.05, 0) is 12.8 Å². The van der Waals surface area contributed by atoms with Crippen molar-refractivity contribution in [3.05, 3.63) is 18.2 Å². The Labute approximate surface area is 103 Å². The van der Waals surface area contributed by atoms with Gasteiger partial charge in [0.1, 0.15) is 5.82 Å². The minimum Gasteiger partial charge on any atom is -0.395 e. The van der Waals surface area contributed by atoms with Crippen molar-refractivity contribution in [2.45, 2.75) is 38.9 Å². The molecule has 1 heterocycles. The van der Waals surface area contributed by atoms with Crippen LogP contribution in [-0.4, -0.2) is 41.0 Å². The van der Waals surface area contributed by atoms with E-state index < -0.39 is 0 Å². The Hall–Kier alpha value is -0.910. The van der Waals surface area contributed by atoms with E-state index in [2.05, 4.69) is 21.8 Å². The fourth-order valence-electron chi connectivity index (χ4n) is 1.71. The highest BCUT2D eigenvalue weighted by Gasteiger charge is 2.08. The molecule has 0 aromatic carbocycles. The molecule has 0 fully saturated rings. The second-order valence-electron chi connectivity index (χ2n) is 4.08. The van der Waals surface area contributed by atoms with Crippen LogP contribution in [0.2, 0.25) is 0 Å². The number of aryl methyl sites for hydroxylation is 1. The minimum atomic E-state index is 0.0710. The first kappa shape index (κ1) is 14.2. The van der Waals surface area contributed by atoms with E-state index in [1.54, 1.807) is 7.11 Å². The third-order valence-corrected chi connectivity index (χ3v) is 2.71. The molecular formula is C12H23N3O2. The molecule has 0 aliphatic heterocycles. The van der Waals surface area contributed by atoms with E-state index in [4.69, 9.17) is 4.74 Å². The summed E-state index contributed by atoms with van der Waals surface area (Å²) < 4.78 is 7.14. The number of imidazole rings is 1. The molecule has 17 heavy (non-hydrogen) atoms. The second kappa shape index (κ2) is 8.22. The van der Waals surface area contributed by atoms with Crippen molar-refractivity contribution in [1.29, 1.82) is 0 Å². The van der Waals surface area contributed by atoms with E-state index in [9.17, 15) is 5.11 Å². The smallest absolute Gasteiger partial charge is 0.122 e. The molecule has 5 heteroatoms. The lowest BCUT2D eigenvalue weighted by Gasteiger charge is -2.16. The van der Waals surface area contributed by atoms with E-state index in [-0.39, 0.29) is 12.6 Å². The van der Waals surface area contributed by atoms with Gasteiger partial charge in [0, 0.05) is 38.7 Å². The molecule has 0 saturated heterocycles. The summed E-state index contributed by atoms with van der Waals surface area (Å²) >= 11 is 0. The van der Waals surface area contributed by atoms with Crippen molar-refractivity contribution >= 4 is 0 Å². The highest BCUT2D eigenvalue weighted by Crippen LogP contribution is 2.01. The first-order chi connectivity index (χ1) is 8.31. The molecule has 0 saturated carbocycles. The molecule has 1 atom stereocenters. The van der Waals surface area contributed by atoms with Crippen LogP contribution in [0.1, 0.15) is 25.6 Å². The Balaban J connectivity index is 2.39. The summed E-state index contributed by atoms with van der Waals surface area (Å²) in [6.45, 7) is 4.59. The molecule has 0 amide bonds. The highest BCUT2D eigenvalue weighted by molar-refractivity contribution is 4.92. The lowest BCUT2D eigenvalue weighted by molar-refractivity contribution is 0.159. The lowest BCUT2D eigenvalue weighted by atomic mass is 10.2. The van der Waals surface area contributed by atoms with Crippen LogP contribution in [0.3, 0.4) is 0 Å². The van der Waals surface area contributed by atoms with Gasteiger partial charge in [-0.3, -0.25) is 0 Å². The maximum Gasteiger partial charge on any atom is 0.122 e. The Kier molecular flexibility index (Phi) is 6.84. The fourth-order valence-corrected chi connectivity index (χ4v) is 1.71. The number of aromatic nitrogens is 2. The van der Waals surface area contributed by atoms with Crippen molar-refractivity contribution in [1.82, 2.24) is 14.9 Å². The van der Waals surface area contributed by atoms with Gasteiger partial charge in [-0.25, -0.2) is 4.98 Å². The number of nitrogens with zero attached hydrogens (tertiary/aromatic N) is 2. The van der Waals surface area contributed by atoms with E-state index in [1.807, 2.05) is 12.4 Å². The molecule has 0 aliphatic carbocycles. The highest BCUT2D eigenvalue weighted by atomic mass is 16.5. The second-order valence-corrected chi connectivity index (χ2v) is 4.08. The van der Waals surface area contributed by atoms with Crippen LogP contribution < -0.4 is 5.32 Å². The van der Waals surface area contributed by atoms with Gasteiger partial charge in [0.25, 0.3) is 0 Å². The summed E-state index contributed by atoms with van der Waals surface area (Å²) in [7, 11) is 1.67. The fraction of sp³-hybridized carbons (Fsp3) is 0.750. The first-order valence-corrected chi connectivity index (χ1v) is 6.15. The average molecular weight is 241 g/mol. The third kappa shape index (κ3) is 4.85. The van der Waals surface area contributed by atoms with Gasteiger partial charge >= 0.3 is 0 Å². The predicted octanol–water partition coefficient (Wildman–Crippen LogP) is 0.780. The monoisotopic (exact) mass is 241 g/mol. The van der Waals surface area contributed by atoms with Crippen molar-refractivity contribution < 1.29 is 9.84 Å². The Morgan fingerprint density at radius 1 is 1.59 bits per heavy atom. The SMILES string of the molecule is CCCn1ccnc1CNC(CO)CCOC. The van der Waals surface area contributed by atoms with Crippen molar-refractivity contribution in [3.63, 3.8) is 0 Å². The zero-order valence-electron chi connectivity index (χ0n) is 10.7. The van der Waals surface area contributed by atoms with Crippen LogP contribution in [0.5, 0.6) is 0 Å². The molecular weight excluding hydrogens is 218 g/mol. The molecule has 1 aromatic rings. The number of aliphatic hydroxyl groups is 1. The van der Waals surface area contributed by atoms with Gasteiger partial charge in [0.05, 0.1) is 13.2 Å². The lowest BCUT2D eigenvalue weighted by Crippen LogP contribution is -2.34. The Morgan fingerprint density at radius 3 is 3.06 bits per heavy atom. The summed E-state index contributed by atoms with van der Waals surface area (Å²) in [5, 5.41) is 12.5. The quantitative estimate of drug-likeness (QED) is 0.671. The van der Waals surface area contributed by atoms with Crippen LogP contribution >= 0.6 is 0 Å². The summed E-state index contributed by atoms with van der Waals surface area (Å²) in [5.74, 6) is 1.02. The third-order valence-electron chi connectivity index (χ3n) is 2.71. The van der Waals surface area contributed by atoms with Gasteiger partial charge < -0.3 is 19.7 Å². The van der Waals surface area contributed by atoms with Gasteiger partial charge in [-0.1, -0.05) is 6.92 Å². The standard InChI is InChI=1S/C12H23N3O2/c1-3-6-15-7-5-13-12(15)9-14-11(10-16)4-8-17-2/h5,7,11,14,16H,3-4,6,8-10H2,1-2H3. The van der Waals surface area contributed by atoms with Crippen LogP contribution in [0.15, 0.2) is 12.4 Å². The van der Waals surface area contributed by atoms with Gasteiger partial charge in [-0.2, -0.15) is 0 Å². The molecule has 0 spiro atoms. The van der Waals surface area contributed by atoms with Gasteiger partial charge in [0.2, 0.25) is 0 Å². The van der Waals surface area contributed by atoms with Crippen LogP contribution in [0.4, 0.5) is 0 Å². The maximum atomic E-state index is 9.21. The van der Waals surface area contributed by atoms with Crippen molar-refractivity contribution in [2.24, 2.45) is 0 Å². The summed E-state index contributed by atoms with van der Waals surface area (Å²) in [6, 6.07) is 0.0710. The Morgan fingerprint density at radius 2 is 2.41 bits per heavy atom. The number of hydrogen-bond acceptors (Lipinski definition) is 4. The summed E-state index contributed by atoms with van der Waals surface area (Å²) in [5.41, 5.74) is 0. The predicted molar refractivity (Wildman–Crippen MR) is 66.7 cm³/mol. The summed E-state index contributed by atoms with van der Waals surface area (Å²) in [4.78, 5) is 4.31. The van der Waals surface area contributed by atoms with Crippen LogP contribution in [0.25, 0.3) is 0 Å². The average Bonchev–Trinajstić information content (AvgIpc) is 2.78. The maximum absolute atomic E-state index is 9.21. The number of ether oxygens (including phenoxy) is 1. The molecule has 1 rings (SSSR count). The topological polar surface area (TPSA) is 59.3 Å². The molecule has 98 valence electrons. The Bertz CT molecular complexity index is 302. The molecule has 0 bridgehead atoms.